The van der Waals surface area contributed by atoms with Gasteiger partial charge in [-0.3, -0.25) is 4.98 Å². The molecule has 2 heterocycles. The summed E-state index contributed by atoms with van der Waals surface area (Å²) < 4.78 is 29.1. The summed E-state index contributed by atoms with van der Waals surface area (Å²) in [5, 5.41) is 14.2. The molecule has 0 amide bonds. The molecule has 0 unspecified atom stereocenters. The monoisotopic (exact) mass is 509 g/mol. The van der Waals surface area contributed by atoms with Gasteiger partial charge in [-0.1, -0.05) is 60.2 Å². The third-order valence-electron chi connectivity index (χ3n) is 6.24. The largest absolute Gasteiger partial charge is 0.338 e. The highest BCUT2D eigenvalue weighted by Crippen LogP contribution is 2.33. The highest BCUT2D eigenvalue weighted by Gasteiger charge is 2.20. The number of benzene rings is 3. The van der Waals surface area contributed by atoms with E-state index in [1.54, 1.807) is 37.4 Å². The van der Waals surface area contributed by atoms with Gasteiger partial charge in [-0.2, -0.15) is 0 Å². The Kier molecular flexibility index (Phi) is 6.69. The maximum Gasteiger partial charge on any atom is 0.241 e. The van der Waals surface area contributed by atoms with Crippen molar-refractivity contribution in [2.75, 3.05) is 5.32 Å². The summed E-state index contributed by atoms with van der Waals surface area (Å²) in [6, 6.07) is 24.8. The van der Waals surface area contributed by atoms with Crippen LogP contribution < -0.4 is 10.0 Å². The lowest BCUT2D eigenvalue weighted by atomic mass is 10.0. The van der Waals surface area contributed by atoms with Gasteiger partial charge in [0.05, 0.1) is 17.1 Å². The van der Waals surface area contributed by atoms with Crippen LogP contribution in [0, 0.1) is 20.8 Å². The summed E-state index contributed by atoms with van der Waals surface area (Å²) in [6.45, 7) is 5.99. The van der Waals surface area contributed by atoms with Crippen LogP contribution in [-0.4, -0.2) is 23.6 Å². The first-order valence-corrected chi connectivity index (χ1v) is 13.4. The summed E-state index contributed by atoms with van der Waals surface area (Å²) in [6.07, 6.45) is 1.64. The first-order chi connectivity index (χ1) is 17.8. The molecular weight excluding hydrogens is 482 g/mol. The van der Waals surface area contributed by atoms with E-state index in [0.717, 1.165) is 22.0 Å². The molecule has 0 radical (unpaired) electrons. The van der Waals surface area contributed by atoms with Crippen molar-refractivity contribution in [3.8, 4) is 11.3 Å². The van der Waals surface area contributed by atoms with E-state index >= 15 is 0 Å². The van der Waals surface area contributed by atoms with E-state index in [4.69, 9.17) is 0 Å². The average Bonchev–Trinajstić information content (AvgIpc) is 2.90. The predicted molar refractivity (Wildman–Crippen MR) is 147 cm³/mol. The maximum absolute atomic E-state index is 13.2. The van der Waals surface area contributed by atoms with Gasteiger partial charge in [0.15, 0.2) is 5.82 Å². The molecule has 3 aromatic carbocycles. The molecule has 5 rings (SSSR count). The van der Waals surface area contributed by atoms with E-state index in [2.05, 4.69) is 51.2 Å². The molecule has 7 nitrogen and oxygen atoms in total. The van der Waals surface area contributed by atoms with Crippen molar-refractivity contribution >= 4 is 32.3 Å². The normalized spacial score (nSPS) is 11.5. The minimum Gasteiger partial charge on any atom is -0.338 e. The summed E-state index contributed by atoms with van der Waals surface area (Å²) in [4.78, 5) is 4.39. The smallest absolute Gasteiger partial charge is 0.241 e. The number of sulfonamides is 1. The molecule has 2 N–H and O–H groups in total. The van der Waals surface area contributed by atoms with Crippen LogP contribution in [0.15, 0.2) is 90.0 Å². The molecule has 0 aliphatic rings. The number of aryl methyl sites for hydroxylation is 3. The van der Waals surface area contributed by atoms with Crippen molar-refractivity contribution in [3.63, 3.8) is 0 Å². The topological polar surface area (TPSA) is 96.9 Å². The average molecular weight is 510 g/mol. The van der Waals surface area contributed by atoms with Crippen LogP contribution in [0.25, 0.3) is 22.0 Å². The van der Waals surface area contributed by atoms with Crippen LogP contribution in [0.2, 0.25) is 0 Å². The Bertz CT molecular complexity index is 1700. The van der Waals surface area contributed by atoms with Crippen molar-refractivity contribution in [2.24, 2.45) is 0 Å². The number of hydrogen-bond donors (Lipinski definition) is 2. The molecule has 0 fully saturated rings. The zero-order chi connectivity index (χ0) is 26.0. The Balaban J connectivity index is 1.52. The minimum atomic E-state index is -3.78. The third-order valence-corrected chi connectivity index (χ3v) is 7.79. The number of aromatic nitrogens is 3. The molecule has 0 atom stereocenters. The van der Waals surface area contributed by atoms with Crippen LogP contribution in [0.3, 0.4) is 0 Å². The second kappa shape index (κ2) is 10.1. The second-order valence-corrected chi connectivity index (χ2v) is 10.7. The number of pyridine rings is 1. The Hall–Kier alpha value is -4.14. The standard InChI is InChI=1S/C29H27N5O2S/c1-19-11-14-26(21(3)16-19)32-29-25-10-5-4-9-24(25)28(33-34-29)22-13-12-20(2)27(17-22)37(35,36)31-18-23-8-6-7-15-30-23/h4-17,31H,18H2,1-3H3,(H,32,34). The molecule has 5 aromatic rings. The number of rotatable bonds is 7. The van der Waals surface area contributed by atoms with E-state index in [0.29, 0.717) is 28.3 Å². The van der Waals surface area contributed by atoms with Crippen LogP contribution in [0.1, 0.15) is 22.4 Å². The fraction of sp³-hybridized carbons (Fsp3) is 0.138. The summed E-state index contributed by atoms with van der Waals surface area (Å²) in [5.41, 5.74) is 5.83. The van der Waals surface area contributed by atoms with Gasteiger partial charge in [-0.25, -0.2) is 13.1 Å². The predicted octanol–water partition coefficient (Wildman–Crippen LogP) is 5.84. The van der Waals surface area contributed by atoms with Crippen molar-refractivity contribution < 1.29 is 8.42 Å². The summed E-state index contributed by atoms with van der Waals surface area (Å²) in [5.74, 6) is 0.642. The number of nitrogens with one attached hydrogen (secondary N) is 2. The van der Waals surface area contributed by atoms with Crippen molar-refractivity contribution in [1.29, 1.82) is 0 Å². The van der Waals surface area contributed by atoms with Gasteiger partial charge in [0.25, 0.3) is 0 Å². The van der Waals surface area contributed by atoms with Crippen LogP contribution in [0.4, 0.5) is 11.5 Å². The number of anilines is 2. The van der Waals surface area contributed by atoms with E-state index in [1.165, 1.54) is 5.56 Å². The van der Waals surface area contributed by atoms with Crippen LogP contribution >= 0.6 is 0 Å². The van der Waals surface area contributed by atoms with Gasteiger partial charge in [-0.05, 0) is 56.2 Å². The van der Waals surface area contributed by atoms with Crippen LogP contribution in [0.5, 0.6) is 0 Å². The first-order valence-electron chi connectivity index (χ1n) is 11.9. The van der Waals surface area contributed by atoms with Gasteiger partial charge < -0.3 is 5.32 Å². The molecule has 0 aliphatic carbocycles. The molecule has 0 saturated carbocycles. The fourth-order valence-electron chi connectivity index (χ4n) is 4.28. The van der Waals surface area contributed by atoms with Gasteiger partial charge in [0, 0.05) is 28.2 Å². The number of fused-ring (bicyclic) bond motifs is 1. The van der Waals surface area contributed by atoms with Crippen molar-refractivity contribution in [3.05, 3.63) is 107 Å². The third kappa shape index (κ3) is 5.21. The lowest BCUT2D eigenvalue weighted by Crippen LogP contribution is -2.24. The molecular formula is C29H27N5O2S. The Morgan fingerprint density at radius 3 is 2.32 bits per heavy atom. The minimum absolute atomic E-state index is 0.106. The molecule has 0 bridgehead atoms. The maximum atomic E-state index is 13.2. The zero-order valence-electron chi connectivity index (χ0n) is 20.9. The van der Waals surface area contributed by atoms with E-state index in [1.807, 2.05) is 42.5 Å². The Morgan fingerprint density at radius 1 is 0.784 bits per heavy atom. The zero-order valence-corrected chi connectivity index (χ0v) is 21.7. The molecule has 186 valence electrons. The number of hydrogen-bond acceptors (Lipinski definition) is 6. The van der Waals surface area contributed by atoms with E-state index in [-0.39, 0.29) is 11.4 Å². The highest BCUT2D eigenvalue weighted by atomic mass is 32.2. The Labute approximate surface area is 216 Å². The molecule has 37 heavy (non-hydrogen) atoms. The molecule has 0 spiro atoms. The summed E-state index contributed by atoms with van der Waals surface area (Å²) >= 11 is 0. The van der Waals surface area contributed by atoms with Gasteiger partial charge in [0.1, 0.15) is 5.69 Å². The SMILES string of the molecule is Cc1ccc(Nc2nnc(-c3ccc(C)c(S(=O)(=O)NCc4ccccn4)c3)c3ccccc23)c(C)c1. The highest BCUT2D eigenvalue weighted by molar-refractivity contribution is 7.89. The van der Waals surface area contributed by atoms with Gasteiger partial charge in [0.2, 0.25) is 10.0 Å². The quantitative estimate of drug-likeness (QED) is 0.286. The fourth-order valence-corrected chi connectivity index (χ4v) is 5.54. The second-order valence-electron chi connectivity index (χ2n) is 9.01. The van der Waals surface area contributed by atoms with Crippen molar-refractivity contribution in [2.45, 2.75) is 32.2 Å². The van der Waals surface area contributed by atoms with E-state index < -0.39 is 10.0 Å². The van der Waals surface area contributed by atoms with Crippen LogP contribution in [-0.2, 0) is 16.6 Å². The molecule has 8 heteroatoms. The van der Waals surface area contributed by atoms with Crippen molar-refractivity contribution in [1.82, 2.24) is 19.9 Å². The van der Waals surface area contributed by atoms with Gasteiger partial charge in [-0.15, -0.1) is 10.2 Å². The Morgan fingerprint density at radius 2 is 1.57 bits per heavy atom. The number of nitrogens with zero attached hydrogens (tertiary/aromatic N) is 3. The molecule has 2 aromatic heterocycles. The lowest BCUT2D eigenvalue weighted by Gasteiger charge is -2.14. The van der Waals surface area contributed by atoms with E-state index in [9.17, 15) is 8.42 Å². The lowest BCUT2D eigenvalue weighted by molar-refractivity contribution is 0.580. The molecule has 0 saturated heterocycles. The molecule has 0 aliphatic heterocycles. The van der Waals surface area contributed by atoms with Gasteiger partial charge >= 0.3 is 0 Å². The first kappa shape index (κ1) is 24.5. The summed E-state index contributed by atoms with van der Waals surface area (Å²) in [7, 11) is -3.78.